The minimum absolute atomic E-state index is 0.117. The number of ether oxygens (including phenoxy) is 1. The van der Waals surface area contributed by atoms with Crippen LogP contribution in [0.25, 0.3) is 0 Å². The Labute approximate surface area is 138 Å². The van der Waals surface area contributed by atoms with Gasteiger partial charge in [0, 0.05) is 44.5 Å². The Hall–Kier alpha value is -1.14. The van der Waals surface area contributed by atoms with E-state index in [1.54, 1.807) is 25.5 Å². The van der Waals surface area contributed by atoms with Crippen molar-refractivity contribution in [2.24, 2.45) is 4.99 Å². The number of nitrogens with zero attached hydrogens (tertiary/aromatic N) is 2. The van der Waals surface area contributed by atoms with Gasteiger partial charge in [0.15, 0.2) is 5.96 Å². The third-order valence-corrected chi connectivity index (χ3v) is 4.32. The Bertz CT molecular complexity index is 489. The molecular weight excluding hydrogens is 296 g/mol. The minimum Gasteiger partial charge on any atom is -0.377 e. The minimum atomic E-state index is -0.214. The molecule has 0 atom stereocenters. The van der Waals surface area contributed by atoms with Crippen LogP contribution >= 0.6 is 11.3 Å². The molecule has 0 radical (unpaired) electrons. The van der Waals surface area contributed by atoms with Crippen LogP contribution in [0.4, 0.5) is 0 Å². The van der Waals surface area contributed by atoms with E-state index in [-0.39, 0.29) is 11.0 Å². The average molecular weight is 327 g/mol. The van der Waals surface area contributed by atoms with Crippen molar-refractivity contribution >= 4 is 17.3 Å². The van der Waals surface area contributed by atoms with Gasteiger partial charge in [-0.2, -0.15) is 0 Å². The molecule has 22 heavy (non-hydrogen) atoms. The summed E-state index contributed by atoms with van der Waals surface area (Å²) in [5, 5.41) is 9.90. The fraction of sp³-hybridized carbons (Fsp3) is 0.750. The summed E-state index contributed by atoms with van der Waals surface area (Å²) in [6.45, 7) is 12.2. The van der Waals surface area contributed by atoms with E-state index in [2.05, 4.69) is 41.8 Å². The van der Waals surface area contributed by atoms with Crippen molar-refractivity contribution in [3.05, 3.63) is 16.1 Å². The largest absolute Gasteiger partial charge is 0.377 e. The van der Waals surface area contributed by atoms with E-state index in [4.69, 9.17) is 9.72 Å². The summed E-state index contributed by atoms with van der Waals surface area (Å²) in [4.78, 5) is 8.92. The lowest BCUT2D eigenvalue weighted by molar-refractivity contribution is 0.0268. The fourth-order valence-corrected chi connectivity index (χ4v) is 2.67. The first kappa shape index (κ1) is 18.9. The third kappa shape index (κ3) is 6.32. The zero-order chi connectivity index (χ0) is 16.8. The van der Waals surface area contributed by atoms with Crippen molar-refractivity contribution in [2.45, 2.75) is 52.1 Å². The molecule has 0 bridgehead atoms. The highest BCUT2D eigenvalue weighted by atomic mass is 32.1. The van der Waals surface area contributed by atoms with E-state index in [9.17, 15) is 0 Å². The quantitative estimate of drug-likeness (QED) is 0.623. The van der Waals surface area contributed by atoms with Gasteiger partial charge >= 0.3 is 0 Å². The standard InChI is InChI=1S/C16H30N4OS/c1-15(2,3)12-10-22-13(20-12)8-9-18-14(17-6)19-11-16(4,5)21-7/h10H,8-9,11H2,1-7H3,(H2,17,18,19). The van der Waals surface area contributed by atoms with Crippen LogP contribution in [0.3, 0.4) is 0 Å². The van der Waals surface area contributed by atoms with E-state index >= 15 is 0 Å². The summed E-state index contributed by atoms with van der Waals surface area (Å²) < 4.78 is 5.39. The number of methoxy groups -OCH3 is 1. The second-order valence-corrected chi connectivity index (χ2v) is 7.89. The molecule has 126 valence electrons. The van der Waals surface area contributed by atoms with Gasteiger partial charge in [-0.1, -0.05) is 20.8 Å². The molecule has 0 fully saturated rings. The van der Waals surface area contributed by atoms with E-state index < -0.39 is 0 Å². The van der Waals surface area contributed by atoms with Crippen LogP contribution in [0, 0.1) is 0 Å². The highest BCUT2D eigenvalue weighted by Gasteiger charge is 2.18. The number of nitrogens with one attached hydrogen (secondary N) is 2. The maximum Gasteiger partial charge on any atom is 0.191 e. The molecule has 0 saturated carbocycles. The van der Waals surface area contributed by atoms with Gasteiger partial charge in [0.25, 0.3) is 0 Å². The highest BCUT2D eigenvalue weighted by Crippen LogP contribution is 2.23. The molecule has 1 aromatic heterocycles. The second-order valence-electron chi connectivity index (χ2n) is 6.94. The Morgan fingerprint density at radius 3 is 2.45 bits per heavy atom. The molecule has 0 aliphatic heterocycles. The average Bonchev–Trinajstić information content (AvgIpc) is 2.91. The highest BCUT2D eigenvalue weighted by molar-refractivity contribution is 7.09. The molecule has 1 heterocycles. The van der Waals surface area contributed by atoms with Crippen LogP contribution in [-0.4, -0.2) is 43.8 Å². The molecular formula is C16H30N4OS. The monoisotopic (exact) mass is 326 g/mol. The molecule has 0 amide bonds. The number of aliphatic imine (C=N–C) groups is 1. The summed E-state index contributed by atoms with van der Waals surface area (Å²) >= 11 is 1.73. The van der Waals surface area contributed by atoms with E-state index in [0.29, 0.717) is 6.54 Å². The van der Waals surface area contributed by atoms with Gasteiger partial charge in [0.05, 0.1) is 16.3 Å². The van der Waals surface area contributed by atoms with Gasteiger partial charge in [0.1, 0.15) is 0 Å². The molecule has 0 aromatic carbocycles. The van der Waals surface area contributed by atoms with E-state index in [1.807, 2.05) is 13.8 Å². The van der Waals surface area contributed by atoms with Crippen LogP contribution < -0.4 is 10.6 Å². The molecule has 1 aromatic rings. The number of rotatable bonds is 6. The Morgan fingerprint density at radius 1 is 1.27 bits per heavy atom. The van der Waals surface area contributed by atoms with Crippen molar-refractivity contribution in [3.63, 3.8) is 0 Å². The van der Waals surface area contributed by atoms with Crippen LogP contribution in [0.1, 0.15) is 45.3 Å². The first-order valence-electron chi connectivity index (χ1n) is 7.62. The molecule has 0 spiro atoms. The lowest BCUT2D eigenvalue weighted by Gasteiger charge is -2.24. The van der Waals surface area contributed by atoms with Crippen LogP contribution in [0.2, 0.25) is 0 Å². The molecule has 2 N–H and O–H groups in total. The van der Waals surface area contributed by atoms with Crippen LogP contribution in [0.5, 0.6) is 0 Å². The summed E-state index contributed by atoms with van der Waals surface area (Å²) in [7, 11) is 3.49. The predicted octanol–water partition coefficient (Wildman–Crippen LogP) is 2.57. The Morgan fingerprint density at radius 2 is 1.95 bits per heavy atom. The van der Waals surface area contributed by atoms with Crippen molar-refractivity contribution < 1.29 is 4.74 Å². The van der Waals surface area contributed by atoms with Gasteiger partial charge in [-0.3, -0.25) is 4.99 Å². The van der Waals surface area contributed by atoms with Crippen molar-refractivity contribution in [1.29, 1.82) is 0 Å². The maximum absolute atomic E-state index is 5.39. The topological polar surface area (TPSA) is 58.5 Å². The lowest BCUT2D eigenvalue weighted by atomic mass is 9.93. The molecule has 6 heteroatoms. The zero-order valence-electron chi connectivity index (χ0n) is 14.9. The third-order valence-electron chi connectivity index (χ3n) is 3.41. The van der Waals surface area contributed by atoms with Gasteiger partial charge < -0.3 is 15.4 Å². The van der Waals surface area contributed by atoms with Crippen LogP contribution in [-0.2, 0) is 16.6 Å². The number of aromatic nitrogens is 1. The lowest BCUT2D eigenvalue weighted by Crippen LogP contribution is -2.45. The Kier molecular flexibility index (Phi) is 6.81. The van der Waals surface area contributed by atoms with Crippen LogP contribution in [0.15, 0.2) is 10.4 Å². The summed E-state index contributed by atoms with van der Waals surface area (Å²) in [5.74, 6) is 0.790. The zero-order valence-corrected chi connectivity index (χ0v) is 15.7. The molecule has 0 aliphatic carbocycles. The van der Waals surface area contributed by atoms with E-state index in [0.717, 1.165) is 29.6 Å². The number of hydrogen-bond donors (Lipinski definition) is 2. The summed E-state index contributed by atoms with van der Waals surface area (Å²) in [5.41, 5.74) is 1.07. The normalized spacial score (nSPS) is 13.3. The number of guanidine groups is 1. The Balaban J connectivity index is 2.40. The smallest absolute Gasteiger partial charge is 0.191 e. The first-order valence-corrected chi connectivity index (χ1v) is 8.50. The van der Waals surface area contributed by atoms with E-state index in [1.165, 1.54) is 0 Å². The predicted molar refractivity (Wildman–Crippen MR) is 95.0 cm³/mol. The SMILES string of the molecule is CN=C(NCCc1nc(C(C)(C)C)cs1)NCC(C)(C)OC. The molecule has 0 saturated heterocycles. The summed E-state index contributed by atoms with van der Waals surface area (Å²) in [6.07, 6.45) is 0.898. The van der Waals surface area contributed by atoms with Crippen molar-refractivity contribution in [1.82, 2.24) is 15.6 Å². The second kappa shape index (κ2) is 7.92. The van der Waals surface area contributed by atoms with Gasteiger partial charge in [-0.15, -0.1) is 11.3 Å². The van der Waals surface area contributed by atoms with Crippen molar-refractivity contribution in [3.8, 4) is 0 Å². The first-order chi connectivity index (χ1) is 10.2. The number of thiazole rings is 1. The van der Waals surface area contributed by atoms with Gasteiger partial charge in [0.2, 0.25) is 0 Å². The van der Waals surface area contributed by atoms with Gasteiger partial charge in [-0.05, 0) is 13.8 Å². The maximum atomic E-state index is 5.39. The number of hydrogen-bond acceptors (Lipinski definition) is 4. The molecule has 0 unspecified atom stereocenters. The fourth-order valence-electron chi connectivity index (χ4n) is 1.65. The van der Waals surface area contributed by atoms with Crippen molar-refractivity contribution in [2.75, 3.05) is 27.2 Å². The summed E-state index contributed by atoms with van der Waals surface area (Å²) in [6, 6.07) is 0. The van der Waals surface area contributed by atoms with Gasteiger partial charge in [-0.25, -0.2) is 4.98 Å². The molecule has 1 rings (SSSR count). The molecule has 0 aliphatic rings. The molecule has 5 nitrogen and oxygen atoms in total.